The van der Waals surface area contributed by atoms with Crippen molar-refractivity contribution in [2.45, 2.75) is 61.6 Å². The van der Waals surface area contributed by atoms with E-state index < -0.39 is 15.3 Å². The SMILES string of the molecule is Cc1ccc(NC(=O)C[C@@H]2SC(=NS(=O)(=O)c3ccc(Cl)cc3)N(C3CCCCC3)C2=O)cc1. The van der Waals surface area contributed by atoms with Gasteiger partial charge >= 0.3 is 0 Å². The van der Waals surface area contributed by atoms with Gasteiger partial charge in [-0.1, -0.05) is 60.3 Å². The molecule has 0 unspecified atom stereocenters. The van der Waals surface area contributed by atoms with Gasteiger partial charge in [0.1, 0.15) is 5.25 Å². The maximum Gasteiger partial charge on any atom is 0.284 e. The summed E-state index contributed by atoms with van der Waals surface area (Å²) in [5.41, 5.74) is 1.72. The molecule has 1 N–H and O–H groups in total. The Morgan fingerprint density at radius 1 is 1.09 bits per heavy atom. The Bertz CT molecular complexity index is 1190. The number of hydrogen-bond donors (Lipinski definition) is 1. The van der Waals surface area contributed by atoms with Crippen LogP contribution in [0, 0.1) is 6.92 Å². The Morgan fingerprint density at radius 2 is 1.74 bits per heavy atom. The summed E-state index contributed by atoms with van der Waals surface area (Å²) >= 11 is 6.93. The largest absolute Gasteiger partial charge is 0.326 e. The number of anilines is 1. The molecule has 2 aromatic carbocycles. The first-order valence-electron chi connectivity index (χ1n) is 11.2. The van der Waals surface area contributed by atoms with E-state index in [1.807, 2.05) is 19.1 Å². The number of sulfonamides is 1. The van der Waals surface area contributed by atoms with Crippen molar-refractivity contribution < 1.29 is 18.0 Å². The summed E-state index contributed by atoms with van der Waals surface area (Å²) in [7, 11) is -4.05. The molecule has 1 saturated carbocycles. The van der Waals surface area contributed by atoms with E-state index in [4.69, 9.17) is 11.6 Å². The van der Waals surface area contributed by atoms with Crippen LogP contribution >= 0.6 is 23.4 Å². The Kier molecular flexibility index (Phi) is 7.64. The molecular formula is C24H26ClN3O4S2. The van der Waals surface area contributed by atoms with E-state index in [2.05, 4.69) is 9.71 Å². The first kappa shape index (κ1) is 24.8. The van der Waals surface area contributed by atoms with Crippen molar-refractivity contribution in [2.24, 2.45) is 4.40 Å². The van der Waals surface area contributed by atoms with Crippen molar-refractivity contribution in [3.8, 4) is 0 Å². The number of rotatable bonds is 6. The second-order valence-electron chi connectivity index (χ2n) is 8.53. The number of halogens is 1. The van der Waals surface area contributed by atoms with Crippen molar-refractivity contribution in [3.05, 3.63) is 59.1 Å². The third-order valence-electron chi connectivity index (χ3n) is 5.92. The monoisotopic (exact) mass is 519 g/mol. The Labute approximate surface area is 209 Å². The summed E-state index contributed by atoms with van der Waals surface area (Å²) in [4.78, 5) is 27.5. The van der Waals surface area contributed by atoms with Gasteiger partial charge in [-0.2, -0.15) is 8.42 Å². The lowest BCUT2D eigenvalue weighted by Crippen LogP contribution is -2.42. The minimum Gasteiger partial charge on any atom is -0.326 e. The second-order valence-corrected chi connectivity index (χ2v) is 11.7. The molecule has 1 aliphatic heterocycles. The molecule has 2 aromatic rings. The normalized spacial score (nSPS) is 20.6. The van der Waals surface area contributed by atoms with Crippen molar-refractivity contribution in [2.75, 3.05) is 5.32 Å². The lowest BCUT2D eigenvalue weighted by Gasteiger charge is -2.30. The Balaban J connectivity index is 1.57. The van der Waals surface area contributed by atoms with Crippen molar-refractivity contribution in [1.82, 2.24) is 4.90 Å². The molecule has 0 aromatic heterocycles. The molecule has 7 nitrogen and oxygen atoms in total. The first-order valence-corrected chi connectivity index (χ1v) is 13.9. The van der Waals surface area contributed by atoms with Crippen LogP contribution in [0.25, 0.3) is 0 Å². The summed E-state index contributed by atoms with van der Waals surface area (Å²) in [5, 5.41) is 2.64. The number of aryl methyl sites for hydroxylation is 1. The van der Waals surface area contributed by atoms with Gasteiger partial charge in [0.15, 0.2) is 5.17 Å². The van der Waals surface area contributed by atoms with Gasteiger partial charge in [0, 0.05) is 23.2 Å². The molecule has 2 amide bonds. The van der Waals surface area contributed by atoms with Crippen molar-refractivity contribution in [3.63, 3.8) is 0 Å². The van der Waals surface area contributed by atoms with Gasteiger partial charge in [0.25, 0.3) is 10.0 Å². The van der Waals surface area contributed by atoms with E-state index in [-0.39, 0.29) is 34.3 Å². The summed E-state index contributed by atoms with van der Waals surface area (Å²) in [5.74, 6) is -0.568. The Hall–Kier alpha value is -2.36. The maximum atomic E-state index is 13.3. The highest BCUT2D eigenvalue weighted by atomic mass is 35.5. The highest BCUT2D eigenvalue weighted by molar-refractivity contribution is 8.16. The van der Waals surface area contributed by atoms with E-state index in [0.29, 0.717) is 10.7 Å². The highest BCUT2D eigenvalue weighted by Crippen LogP contribution is 2.36. The van der Waals surface area contributed by atoms with Gasteiger partial charge < -0.3 is 5.32 Å². The maximum absolute atomic E-state index is 13.3. The third kappa shape index (κ3) is 5.82. The van der Waals surface area contributed by atoms with Crippen LogP contribution in [-0.4, -0.2) is 41.6 Å². The van der Waals surface area contributed by atoms with Crippen molar-refractivity contribution in [1.29, 1.82) is 0 Å². The minimum absolute atomic E-state index is 0.00149. The number of benzene rings is 2. The van der Waals surface area contributed by atoms with Crippen LogP contribution in [0.2, 0.25) is 5.02 Å². The molecule has 1 heterocycles. The van der Waals surface area contributed by atoms with Crippen LogP contribution in [0.1, 0.15) is 44.1 Å². The number of nitrogens with zero attached hydrogens (tertiary/aromatic N) is 2. The zero-order chi connectivity index (χ0) is 24.3. The highest BCUT2D eigenvalue weighted by Gasteiger charge is 2.43. The number of nitrogens with one attached hydrogen (secondary N) is 1. The first-order chi connectivity index (χ1) is 16.2. The van der Waals surface area contributed by atoms with Gasteiger partial charge in [-0.3, -0.25) is 14.5 Å². The van der Waals surface area contributed by atoms with Crippen LogP contribution in [0.4, 0.5) is 5.69 Å². The molecule has 0 spiro atoms. The van der Waals surface area contributed by atoms with Gasteiger partial charge in [-0.15, -0.1) is 4.40 Å². The number of amides is 2. The number of carbonyl (C=O) groups excluding carboxylic acids is 2. The molecule has 2 fully saturated rings. The number of amidine groups is 1. The quantitative estimate of drug-likeness (QED) is 0.579. The molecule has 0 bridgehead atoms. The molecule has 2 aliphatic rings. The van der Waals surface area contributed by atoms with E-state index >= 15 is 0 Å². The fourth-order valence-electron chi connectivity index (χ4n) is 4.13. The zero-order valence-electron chi connectivity index (χ0n) is 18.7. The van der Waals surface area contributed by atoms with E-state index in [9.17, 15) is 18.0 Å². The zero-order valence-corrected chi connectivity index (χ0v) is 21.1. The fourth-order valence-corrected chi connectivity index (χ4v) is 6.66. The average Bonchev–Trinajstić information content (AvgIpc) is 3.10. The van der Waals surface area contributed by atoms with E-state index in [1.54, 1.807) is 12.1 Å². The second kappa shape index (κ2) is 10.5. The topological polar surface area (TPSA) is 95.9 Å². The Morgan fingerprint density at radius 3 is 2.38 bits per heavy atom. The number of hydrogen-bond acceptors (Lipinski definition) is 5. The molecule has 1 atom stereocenters. The molecule has 1 aliphatic carbocycles. The van der Waals surface area contributed by atoms with Crippen LogP contribution < -0.4 is 5.32 Å². The smallest absolute Gasteiger partial charge is 0.284 e. The minimum atomic E-state index is -4.05. The standard InChI is InChI=1S/C24H26ClN3O4S2/c1-16-7-11-18(12-8-16)26-22(29)15-21-23(30)28(19-5-3-2-4-6-19)24(33-21)27-34(31,32)20-13-9-17(25)10-14-20/h7-14,19,21H,2-6,15H2,1H3,(H,26,29)/t21-/m0/s1. The van der Waals surface area contributed by atoms with Crippen LogP contribution in [0.5, 0.6) is 0 Å². The van der Waals surface area contributed by atoms with Gasteiger partial charge in [-0.25, -0.2) is 0 Å². The van der Waals surface area contributed by atoms with Crippen molar-refractivity contribution >= 4 is 56.1 Å². The summed E-state index contributed by atoms with van der Waals surface area (Å²) < 4.78 is 30.0. The molecule has 4 rings (SSSR count). The predicted octanol–water partition coefficient (Wildman–Crippen LogP) is 5.00. The molecule has 0 radical (unpaired) electrons. The van der Waals surface area contributed by atoms with Gasteiger partial charge in [0.2, 0.25) is 11.8 Å². The van der Waals surface area contributed by atoms with Gasteiger partial charge in [-0.05, 0) is 56.2 Å². The molecule has 180 valence electrons. The molecule has 1 saturated heterocycles. The van der Waals surface area contributed by atoms with Crippen LogP contribution in [0.15, 0.2) is 57.8 Å². The predicted molar refractivity (Wildman–Crippen MR) is 136 cm³/mol. The molecule has 10 heteroatoms. The van der Waals surface area contributed by atoms with E-state index in [0.717, 1.165) is 49.4 Å². The van der Waals surface area contributed by atoms with Crippen LogP contribution in [-0.2, 0) is 19.6 Å². The van der Waals surface area contributed by atoms with Crippen LogP contribution in [0.3, 0.4) is 0 Å². The summed E-state index contributed by atoms with van der Waals surface area (Å²) in [6, 6.07) is 13.0. The number of carbonyl (C=O) groups is 2. The average molecular weight is 520 g/mol. The lowest BCUT2D eigenvalue weighted by molar-refractivity contribution is -0.130. The van der Waals surface area contributed by atoms with Gasteiger partial charge in [0.05, 0.1) is 4.90 Å². The fraction of sp³-hybridized carbons (Fsp3) is 0.375. The number of thioether (sulfide) groups is 1. The third-order valence-corrected chi connectivity index (χ3v) is 8.72. The van der Waals surface area contributed by atoms with E-state index in [1.165, 1.54) is 29.2 Å². The molecule has 34 heavy (non-hydrogen) atoms. The lowest BCUT2D eigenvalue weighted by atomic mass is 9.94. The summed E-state index contributed by atoms with van der Waals surface area (Å²) in [6.45, 7) is 1.96. The summed E-state index contributed by atoms with van der Waals surface area (Å²) in [6.07, 6.45) is 4.53. The molecular weight excluding hydrogens is 494 g/mol.